The highest BCUT2D eigenvalue weighted by Crippen LogP contribution is 2.22. The molecular formula is C14H16N2O3S. The predicted octanol–water partition coefficient (Wildman–Crippen LogP) is 2.07. The molecule has 2 aromatic rings. The monoisotopic (exact) mass is 292 g/mol. The molecule has 20 heavy (non-hydrogen) atoms. The molecule has 6 heteroatoms. The summed E-state index contributed by atoms with van der Waals surface area (Å²) in [7, 11) is 0. The van der Waals surface area contributed by atoms with Crippen LogP contribution >= 0.6 is 11.8 Å². The maximum Gasteiger partial charge on any atom is 0.256 e. The quantitative estimate of drug-likeness (QED) is 0.675. The molecule has 0 aliphatic carbocycles. The van der Waals surface area contributed by atoms with Crippen molar-refractivity contribution in [2.24, 2.45) is 5.92 Å². The normalized spacial score (nSPS) is 18.5. The summed E-state index contributed by atoms with van der Waals surface area (Å²) < 4.78 is 10.8. The van der Waals surface area contributed by atoms with Crippen molar-refractivity contribution in [2.75, 3.05) is 25.5 Å². The topological polar surface area (TPSA) is 64.4 Å². The van der Waals surface area contributed by atoms with E-state index in [1.165, 1.54) is 11.8 Å². The van der Waals surface area contributed by atoms with Gasteiger partial charge < -0.3 is 14.5 Å². The number of fused-ring (bicyclic) bond motifs is 1. The maximum atomic E-state index is 11.8. The number of carbonyl (C=O) groups excluding carboxylic acids is 1. The van der Waals surface area contributed by atoms with Crippen molar-refractivity contribution in [1.29, 1.82) is 0 Å². The van der Waals surface area contributed by atoms with Crippen LogP contribution in [0.25, 0.3) is 11.1 Å². The lowest BCUT2D eigenvalue weighted by atomic mass is 10.1. The molecule has 1 saturated heterocycles. The number of para-hydroxylation sites is 2. The Labute approximate surface area is 121 Å². The van der Waals surface area contributed by atoms with Gasteiger partial charge in [0.05, 0.1) is 12.5 Å². The van der Waals surface area contributed by atoms with Gasteiger partial charge in [0, 0.05) is 18.9 Å². The summed E-state index contributed by atoms with van der Waals surface area (Å²) in [6.45, 7) is 1.85. The number of benzene rings is 1. The van der Waals surface area contributed by atoms with Crippen LogP contribution in [0.5, 0.6) is 0 Å². The Kier molecular flexibility index (Phi) is 4.22. The van der Waals surface area contributed by atoms with E-state index >= 15 is 0 Å². The summed E-state index contributed by atoms with van der Waals surface area (Å²) >= 11 is 1.51. The molecule has 5 nitrogen and oxygen atoms in total. The molecule has 1 aliphatic heterocycles. The van der Waals surface area contributed by atoms with E-state index in [9.17, 15) is 4.79 Å². The highest BCUT2D eigenvalue weighted by molar-refractivity contribution is 7.99. The van der Waals surface area contributed by atoms with Crippen LogP contribution in [0.3, 0.4) is 0 Å². The minimum absolute atomic E-state index is 0.0179. The molecule has 0 bridgehead atoms. The highest BCUT2D eigenvalue weighted by atomic mass is 32.2. The molecule has 3 rings (SSSR count). The van der Waals surface area contributed by atoms with E-state index in [4.69, 9.17) is 9.15 Å². The molecule has 1 atom stereocenters. The third-order valence-corrected chi connectivity index (χ3v) is 4.03. The number of rotatable bonds is 5. The molecule has 1 fully saturated rings. The van der Waals surface area contributed by atoms with Gasteiger partial charge in [0.1, 0.15) is 5.52 Å². The molecule has 0 spiro atoms. The van der Waals surface area contributed by atoms with Gasteiger partial charge in [-0.1, -0.05) is 23.9 Å². The molecule has 106 valence electrons. The van der Waals surface area contributed by atoms with Crippen LogP contribution in [0.1, 0.15) is 6.42 Å². The fraction of sp³-hybridized carbons (Fsp3) is 0.429. The van der Waals surface area contributed by atoms with Crippen molar-refractivity contribution >= 4 is 28.8 Å². The number of carbonyl (C=O) groups is 1. The average molecular weight is 292 g/mol. The molecule has 1 aromatic heterocycles. The largest absolute Gasteiger partial charge is 0.431 e. The average Bonchev–Trinajstić information content (AvgIpc) is 3.11. The van der Waals surface area contributed by atoms with Crippen LogP contribution < -0.4 is 5.32 Å². The number of hydrogen-bond donors (Lipinski definition) is 1. The van der Waals surface area contributed by atoms with E-state index in [1.807, 2.05) is 24.3 Å². The molecule has 1 aromatic carbocycles. The van der Waals surface area contributed by atoms with Crippen molar-refractivity contribution in [1.82, 2.24) is 10.3 Å². The third kappa shape index (κ3) is 3.13. The Hall–Kier alpha value is -1.53. The van der Waals surface area contributed by atoms with Crippen molar-refractivity contribution in [3.05, 3.63) is 24.3 Å². The molecule has 0 radical (unpaired) electrons. The Morgan fingerprint density at radius 2 is 2.35 bits per heavy atom. The van der Waals surface area contributed by atoms with Gasteiger partial charge in [-0.2, -0.15) is 0 Å². The van der Waals surface area contributed by atoms with Gasteiger partial charge in [-0.15, -0.1) is 0 Å². The van der Waals surface area contributed by atoms with Crippen molar-refractivity contribution < 1.29 is 13.9 Å². The molecule has 1 N–H and O–H groups in total. The molecule has 1 amide bonds. The van der Waals surface area contributed by atoms with Crippen molar-refractivity contribution in [3.8, 4) is 0 Å². The first-order chi connectivity index (χ1) is 9.83. The minimum Gasteiger partial charge on any atom is -0.431 e. The maximum absolute atomic E-state index is 11.8. The van der Waals surface area contributed by atoms with Crippen LogP contribution in [0.15, 0.2) is 33.9 Å². The van der Waals surface area contributed by atoms with E-state index in [0.29, 0.717) is 25.0 Å². The van der Waals surface area contributed by atoms with Crippen LogP contribution in [0.2, 0.25) is 0 Å². The SMILES string of the molecule is O=C(NCCSc1nc2ccccc2o1)C1CCOC1. The number of ether oxygens (including phenoxy) is 1. The Balaban J connectivity index is 1.44. The van der Waals surface area contributed by atoms with Gasteiger partial charge in [0.15, 0.2) is 5.58 Å². The fourth-order valence-electron chi connectivity index (χ4n) is 2.11. The Bertz CT molecular complexity index is 560. The van der Waals surface area contributed by atoms with Gasteiger partial charge in [0.25, 0.3) is 5.22 Å². The second-order valence-electron chi connectivity index (χ2n) is 4.65. The zero-order valence-electron chi connectivity index (χ0n) is 11.0. The van der Waals surface area contributed by atoms with E-state index < -0.39 is 0 Å². The van der Waals surface area contributed by atoms with Crippen LogP contribution in [-0.2, 0) is 9.53 Å². The van der Waals surface area contributed by atoms with Crippen molar-refractivity contribution in [2.45, 2.75) is 11.6 Å². The number of nitrogens with zero attached hydrogens (tertiary/aromatic N) is 1. The molecular weight excluding hydrogens is 276 g/mol. The highest BCUT2D eigenvalue weighted by Gasteiger charge is 2.22. The lowest BCUT2D eigenvalue weighted by Gasteiger charge is -2.07. The molecule has 0 saturated carbocycles. The second-order valence-corrected chi connectivity index (χ2v) is 5.69. The first kappa shape index (κ1) is 13.5. The smallest absolute Gasteiger partial charge is 0.256 e. The summed E-state index contributed by atoms with van der Waals surface area (Å²) in [5.74, 6) is 0.844. The van der Waals surface area contributed by atoms with Gasteiger partial charge in [-0.05, 0) is 18.6 Å². The van der Waals surface area contributed by atoms with E-state index in [-0.39, 0.29) is 11.8 Å². The predicted molar refractivity (Wildman–Crippen MR) is 76.7 cm³/mol. The molecule has 1 unspecified atom stereocenters. The summed E-state index contributed by atoms with van der Waals surface area (Å²) in [4.78, 5) is 16.1. The lowest BCUT2D eigenvalue weighted by molar-refractivity contribution is -0.124. The number of nitrogens with one attached hydrogen (secondary N) is 1. The third-order valence-electron chi connectivity index (χ3n) is 3.20. The fourth-order valence-corrected chi connectivity index (χ4v) is 2.80. The zero-order valence-corrected chi connectivity index (χ0v) is 11.8. The lowest BCUT2D eigenvalue weighted by Crippen LogP contribution is -2.32. The first-order valence-corrected chi connectivity index (χ1v) is 7.65. The van der Waals surface area contributed by atoms with Crippen LogP contribution in [0.4, 0.5) is 0 Å². The molecule has 2 heterocycles. The van der Waals surface area contributed by atoms with E-state index in [0.717, 1.165) is 23.3 Å². The Morgan fingerprint density at radius 1 is 1.45 bits per heavy atom. The van der Waals surface area contributed by atoms with Gasteiger partial charge >= 0.3 is 0 Å². The summed E-state index contributed by atoms with van der Waals surface area (Å²) in [5.41, 5.74) is 1.66. The summed E-state index contributed by atoms with van der Waals surface area (Å²) in [6, 6.07) is 7.67. The number of thioether (sulfide) groups is 1. The van der Waals surface area contributed by atoms with Crippen molar-refractivity contribution in [3.63, 3.8) is 0 Å². The molecule has 1 aliphatic rings. The zero-order chi connectivity index (χ0) is 13.8. The number of hydrogen-bond acceptors (Lipinski definition) is 5. The number of aromatic nitrogens is 1. The standard InChI is InChI=1S/C14H16N2O3S/c17-13(10-5-7-18-9-10)15-6-8-20-14-16-11-3-1-2-4-12(11)19-14/h1-4,10H,5-9H2,(H,15,17). The number of oxazole rings is 1. The van der Waals surface area contributed by atoms with Gasteiger partial charge in [-0.25, -0.2) is 4.98 Å². The second kappa shape index (κ2) is 6.28. The van der Waals surface area contributed by atoms with E-state index in [2.05, 4.69) is 10.3 Å². The minimum atomic E-state index is 0.0179. The van der Waals surface area contributed by atoms with Crippen LogP contribution in [0, 0.1) is 5.92 Å². The summed E-state index contributed by atoms with van der Waals surface area (Å²) in [5, 5.41) is 3.56. The van der Waals surface area contributed by atoms with E-state index in [1.54, 1.807) is 0 Å². The Morgan fingerprint density at radius 3 is 3.15 bits per heavy atom. The first-order valence-electron chi connectivity index (χ1n) is 6.67. The van der Waals surface area contributed by atoms with Crippen LogP contribution in [-0.4, -0.2) is 36.4 Å². The number of amides is 1. The van der Waals surface area contributed by atoms with Gasteiger partial charge in [-0.3, -0.25) is 4.79 Å². The van der Waals surface area contributed by atoms with Gasteiger partial charge in [0.2, 0.25) is 5.91 Å². The summed E-state index contributed by atoms with van der Waals surface area (Å²) in [6.07, 6.45) is 0.824.